The molecule has 1 aliphatic rings. The van der Waals surface area contributed by atoms with Gasteiger partial charge in [0.2, 0.25) is 0 Å². The summed E-state index contributed by atoms with van der Waals surface area (Å²) in [6, 6.07) is 1.98. The molecule has 1 amide bonds. The Kier molecular flexibility index (Phi) is 5.29. The maximum atomic E-state index is 12.0. The van der Waals surface area contributed by atoms with Gasteiger partial charge < -0.3 is 20.8 Å². The zero-order chi connectivity index (χ0) is 19.6. The second-order valence-corrected chi connectivity index (χ2v) is 6.82. The predicted octanol–water partition coefficient (Wildman–Crippen LogP) is 2.59. The van der Waals surface area contributed by atoms with Crippen molar-refractivity contribution in [3.63, 3.8) is 0 Å². The number of anilines is 3. The molecule has 0 radical (unpaired) electrons. The minimum atomic E-state index is -0.418. The molecule has 9 nitrogen and oxygen atoms in total. The van der Waals surface area contributed by atoms with E-state index in [0.717, 1.165) is 16.9 Å². The van der Waals surface area contributed by atoms with Crippen LogP contribution in [-0.2, 0) is 18.3 Å². The maximum Gasteiger partial charge on any atom is 0.415 e. The molecule has 0 atom stereocenters. The van der Waals surface area contributed by atoms with Crippen molar-refractivity contribution in [2.45, 2.75) is 33.4 Å². The molecular weight excluding hydrogens is 346 g/mol. The quantitative estimate of drug-likeness (QED) is 0.646. The largest absolute Gasteiger partial charge is 0.447 e. The number of aromatic nitrogens is 3. The van der Waals surface area contributed by atoms with Crippen molar-refractivity contribution < 1.29 is 9.53 Å². The lowest BCUT2D eigenvalue weighted by atomic mass is 10.1. The van der Waals surface area contributed by atoms with Gasteiger partial charge in [-0.15, -0.1) is 0 Å². The van der Waals surface area contributed by atoms with Crippen LogP contribution in [-0.4, -0.2) is 45.8 Å². The molecule has 3 N–H and O–H groups in total. The number of hydrogen-bond acceptors (Lipinski definition) is 7. The summed E-state index contributed by atoms with van der Waals surface area (Å²) in [6.07, 6.45) is 3.31. The van der Waals surface area contributed by atoms with Gasteiger partial charge in [-0.3, -0.25) is 9.58 Å². The third-order valence-corrected chi connectivity index (χ3v) is 4.07. The van der Waals surface area contributed by atoms with Crippen LogP contribution in [0.1, 0.15) is 32.0 Å². The number of amides is 1. The second kappa shape index (κ2) is 7.65. The molecule has 3 heterocycles. The SMILES string of the molecule is CC(=N)c1nc(N2CCOC2=O)cc(NCc2cnn(C)c2)c1NC(C)C. The first kappa shape index (κ1) is 18.7. The Balaban J connectivity index is 2.00. The zero-order valence-corrected chi connectivity index (χ0v) is 16.0. The lowest BCUT2D eigenvalue weighted by Gasteiger charge is -2.22. The highest BCUT2D eigenvalue weighted by molar-refractivity contribution is 6.03. The molecule has 2 aromatic heterocycles. The fourth-order valence-corrected chi connectivity index (χ4v) is 2.88. The van der Waals surface area contributed by atoms with Crippen molar-refractivity contribution in [3.8, 4) is 0 Å². The predicted molar refractivity (Wildman–Crippen MR) is 105 cm³/mol. The number of nitrogens with zero attached hydrogens (tertiary/aromatic N) is 4. The van der Waals surface area contributed by atoms with Crippen molar-refractivity contribution >= 4 is 29.0 Å². The van der Waals surface area contributed by atoms with E-state index >= 15 is 0 Å². The molecule has 0 spiro atoms. The van der Waals surface area contributed by atoms with Crippen LogP contribution < -0.4 is 15.5 Å². The molecule has 2 aromatic rings. The number of nitrogens with one attached hydrogen (secondary N) is 3. The van der Waals surface area contributed by atoms with E-state index in [0.29, 0.717) is 36.9 Å². The van der Waals surface area contributed by atoms with Gasteiger partial charge in [0.1, 0.15) is 18.1 Å². The number of aryl methyl sites for hydroxylation is 1. The van der Waals surface area contributed by atoms with Gasteiger partial charge in [0, 0.05) is 37.5 Å². The summed E-state index contributed by atoms with van der Waals surface area (Å²) in [5, 5.41) is 19.1. The Hall–Kier alpha value is -3.10. The first-order valence-corrected chi connectivity index (χ1v) is 8.88. The van der Waals surface area contributed by atoms with Crippen molar-refractivity contribution in [1.29, 1.82) is 5.41 Å². The molecule has 1 saturated heterocycles. The van der Waals surface area contributed by atoms with Gasteiger partial charge in [0.05, 0.1) is 29.8 Å². The highest BCUT2D eigenvalue weighted by atomic mass is 16.6. The number of hydrogen-bond donors (Lipinski definition) is 3. The molecule has 0 unspecified atom stereocenters. The number of carbonyl (C=O) groups is 1. The van der Waals surface area contributed by atoms with Gasteiger partial charge in [-0.05, 0) is 20.8 Å². The smallest absolute Gasteiger partial charge is 0.415 e. The van der Waals surface area contributed by atoms with Crippen molar-refractivity contribution in [2.75, 3.05) is 28.7 Å². The highest BCUT2D eigenvalue weighted by Crippen LogP contribution is 2.32. The highest BCUT2D eigenvalue weighted by Gasteiger charge is 2.27. The standard InChI is InChI=1S/C18H25N7O2/c1-11(2)22-17-14(20-8-13-9-21-24(4)10-13)7-15(23-16(17)12(3)19)25-5-6-27-18(25)26/h7,9-11,19,22H,5-6,8H2,1-4H3,(H,20,23). The van der Waals surface area contributed by atoms with E-state index in [1.54, 1.807) is 17.8 Å². The summed E-state index contributed by atoms with van der Waals surface area (Å²) in [4.78, 5) is 18.0. The monoisotopic (exact) mass is 371 g/mol. The van der Waals surface area contributed by atoms with Crippen LogP contribution >= 0.6 is 0 Å². The molecular formula is C18H25N7O2. The fourth-order valence-electron chi connectivity index (χ4n) is 2.88. The Morgan fingerprint density at radius 3 is 2.78 bits per heavy atom. The zero-order valence-electron chi connectivity index (χ0n) is 16.0. The molecule has 1 fully saturated rings. The lowest BCUT2D eigenvalue weighted by molar-refractivity contribution is 0.181. The second-order valence-electron chi connectivity index (χ2n) is 6.82. The van der Waals surface area contributed by atoms with E-state index < -0.39 is 6.09 Å². The third kappa shape index (κ3) is 4.18. The average Bonchev–Trinajstić information content (AvgIpc) is 3.21. The first-order valence-electron chi connectivity index (χ1n) is 8.88. The van der Waals surface area contributed by atoms with Gasteiger partial charge in [0.25, 0.3) is 0 Å². The van der Waals surface area contributed by atoms with Crippen molar-refractivity contribution in [1.82, 2.24) is 14.8 Å². The maximum absolute atomic E-state index is 12.0. The minimum Gasteiger partial charge on any atom is -0.447 e. The van der Waals surface area contributed by atoms with E-state index in [9.17, 15) is 4.79 Å². The van der Waals surface area contributed by atoms with Crippen LogP contribution in [0.15, 0.2) is 18.5 Å². The first-order chi connectivity index (χ1) is 12.8. The topological polar surface area (TPSA) is 108 Å². The molecule has 0 aromatic carbocycles. The normalized spacial score (nSPS) is 13.8. The Bertz CT molecular complexity index is 859. The molecule has 1 aliphatic heterocycles. The number of ether oxygens (including phenoxy) is 1. The number of pyridine rings is 1. The average molecular weight is 371 g/mol. The minimum absolute atomic E-state index is 0.159. The molecule has 144 valence electrons. The summed E-state index contributed by atoms with van der Waals surface area (Å²) < 4.78 is 6.78. The van der Waals surface area contributed by atoms with Crippen LogP contribution in [0.3, 0.4) is 0 Å². The van der Waals surface area contributed by atoms with Gasteiger partial charge in [-0.1, -0.05) is 0 Å². The number of rotatable bonds is 7. The molecule has 0 aliphatic carbocycles. The Morgan fingerprint density at radius 2 is 2.22 bits per heavy atom. The van der Waals surface area contributed by atoms with Crippen LogP contribution in [0.5, 0.6) is 0 Å². The summed E-state index contributed by atoms with van der Waals surface area (Å²) in [6.45, 7) is 7.08. The molecule has 0 bridgehead atoms. The molecule has 9 heteroatoms. The summed E-state index contributed by atoms with van der Waals surface area (Å²) >= 11 is 0. The van der Waals surface area contributed by atoms with Gasteiger partial charge in [0.15, 0.2) is 0 Å². The van der Waals surface area contributed by atoms with Crippen LogP contribution in [0.25, 0.3) is 0 Å². The van der Waals surface area contributed by atoms with Gasteiger partial charge >= 0.3 is 6.09 Å². The molecule has 3 rings (SSSR count). The van der Waals surface area contributed by atoms with Crippen molar-refractivity contribution in [3.05, 3.63) is 29.7 Å². The number of cyclic esters (lactones) is 1. The van der Waals surface area contributed by atoms with Crippen molar-refractivity contribution in [2.24, 2.45) is 7.05 Å². The van der Waals surface area contributed by atoms with E-state index in [1.807, 2.05) is 33.2 Å². The summed E-state index contributed by atoms with van der Waals surface area (Å²) in [7, 11) is 1.87. The van der Waals surface area contributed by atoms with E-state index in [2.05, 4.69) is 20.7 Å². The Labute approximate surface area is 158 Å². The fraction of sp³-hybridized carbons (Fsp3) is 0.444. The molecule has 27 heavy (non-hydrogen) atoms. The van der Waals surface area contributed by atoms with Crippen LogP contribution in [0, 0.1) is 5.41 Å². The van der Waals surface area contributed by atoms with Crippen LogP contribution in [0.2, 0.25) is 0 Å². The van der Waals surface area contributed by atoms with Gasteiger partial charge in [-0.25, -0.2) is 9.78 Å². The number of carbonyl (C=O) groups excluding carboxylic acids is 1. The van der Waals surface area contributed by atoms with E-state index in [4.69, 9.17) is 10.1 Å². The molecule has 0 saturated carbocycles. The van der Waals surface area contributed by atoms with Crippen LogP contribution in [0.4, 0.5) is 22.0 Å². The third-order valence-electron chi connectivity index (χ3n) is 4.07. The van der Waals surface area contributed by atoms with E-state index in [-0.39, 0.29) is 6.04 Å². The van der Waals surface area contributed by atoms with Gasteiger partial charge in [-0.2, -0.15) is 5.10 Å². The lowest BCUT2D eigenvalue weighted by Crippen LogP contribution is -2.26. The summed E-state index contributed by atoms with van der Waals surface area (Å²) in [5.41, 5.74) is 3.38. The summed E-state index contributed by atoms with van der Waals surface area (Å²) in [5.74, 6) is 0.474. The Morgan fingerprint density at radius 1 is 1.44 bits per heavy atom. The van der Waals surface area contributed by atoms with E-state index in [1.165, 1.54) is 4.90 Å².